The summed E-state index contributed by atoms with van der Waals surface area (Å²) in [5, 5.41) is 13.3. The predicted molar refractivity (Wildman–Crippen MR) is 73.9 cm³/mol. The van der Waals surface area contributed by atoms with E-state index in [1.54, 1.807) is 12.1 Å². The molecule has 1 aromatic rings. The Morgan fingerprint density at radius 1 is 1.29 bits per heavy atom. The number of aromatic hydroxyl groups is 1. The molecule has 3 nitrogen and oxygen atoms in total. The molecule has 0 aliphatic carbocycles. The van der Waals surface area contributed by atoms with E-state index in [0.717, 1.165) is 35.0 Å². The van der Waals surface area contributed by atoms with Gasteiger partial charge in [-0.2, -0.15) is 0 Å². The lowest BCUT2D eigenvalue weighted by molar-refractivity contribution is -0.116. The fourth-order valence-electron chi connectivity index (χ4n) is 1.53. The number of amides is 1. The van der Waals surface area contributed by atoms with Crippen LogP contribution in [-0.2, 0) is 4.79 Å². The van der Waals surface area contributed by atoms with Gasteiger partial charge >= 0.3 is 0 Å². The molecule has 0 unspecified atom stereocenters. The highest BCUT2D eigenvalue weighted by Crippen LogP contribution is 2.25. The molecule has 94 valence electrons. The fraction of sp³-hybridized carbons (Fsp3) is 0.462. The molecule has 0 radical (unpaired) electrons. The molecule has 0 bridgehead atoms. The van der Waals surface area contributed by atoms with Crippen molar-refractivity contribution in [1.82, 2.24) is 0 Å². The van der Waals surface area contributed by atoms with Crippen molar-refractivity contribution >= 4 is 27.5 Å². The van der Waals surface area contributed by atoms with E-state index >= 15 is 0 Å². The number of nitrogens with one attached hydrogen (secondary N) is 1. The number of aryl methyl sites for hydroxylation is 2. The summed E-state index contributed by atoms with van der Waals surface area (Å²) in [5.41, 5.74) is 2.43. The van der Waals surface area contributed by atoms with Crippen molar-refractivity contribution in [3.63, 3.8) is 0 Å². The number of carbonyl (C=O) groups excluding carboxylic acids is 1. The number of carbonyl (C=O) groups is 1. The zero-order chi connectivity index (χ0) is 12.8. The number of benzene rings is 1. The van der Waals surface area contributed by atoms with Gasteiger partial charge in [0.1, 0.15) is 5.75 Å². The molecule has 1 rings (SSSR count). The fourth-order valence-corrected chi connectivity index (χ4v) is 1.92. The zero-order valence-corrected chi connectivity index (χ0v) is 11.8. The maximum atomic E-state index is 11.6. The first-order valence-electron chi connectivity index (χ1n) is 5.70. The lowest BCUT2D eigenvalue weighted by Gasteiger charge is -2.10. The van der Waals surface area contributed by atoms with Gasteiger partial charge in [0, 0.05) is 17.4 Å². The SMILES string of the molecule is Cc1cc(NC(=O)CCCCBr)c(C)cc1O. The molecule has 0 spiro atoms. The van der Waals surface area contributed by atoms with Gasteiger partial charge in [0.05, 0.1) is 0 Å². The Balaban J connectivity index is 2.62. The van der Waals surface area contributed by atoms with Crippen molar-refractivity contribution in [3.05, 3.63) is 23.3 Å². The Hall–Kier alpha value is -1.03. The van der Waals surface area contributed by atoms with Gasteiger partial charge in [-0.3, -0.25) is 4.79 Å². The van der Waals surface area contributed by atoms with Gasteiger partial charge in [0.15, 0.2) is 0 Å². The van der Waals surface area contributed by atoms with Crippen LogP contribution in [0.15, 0.2) is 12.1 Å². The monoisotopic (exact) mass is 299 g/mol. The molecule has 1 amide bonds. The molecule has 17 heavy (non-hydrogen) atoms. The summed E-state index contributed by atoms with van der Waals surface area (Å²) in [5.74, 6) is 0.291. The summed E-state index contributed by atoms with van der Waals surface area (Å²) in [6.07, 6.45) is 2.42. The first-order chi connectivity index (χ1) is 8.04. The van der Waals surface area contributed by atoms with Crippen molar-refractivity contribution in [2.45, 2.75) is 33.1 Å². The standard InChI is InChI=1S/C13H18BrNO2/c1-9-8-12(16)10(2)7-11(9)15-13(17)5-3-4-6-14/h7-8,16H,3-6H2,1-2H3,(H,15,17). The lowest BCUT2D eigenvalue weighted by Crippen LogP contribution is -2.12. The second kappa shape index (κ2) is 6.64. The van der Waals surface area contributed by atoms with Gasteiger partial charge in [-0.1, -0.05) is 15.9 Å². The second-order valence-electron chi connectivity index (χ2n) is 4.15. The van der Waals surface area contributed by atoms with E-state index in [1.807, 2.05) is 13.8 Å². The smallest absolute Gasteiger partial charge is 0.224 e. The predicted octanol–water partition coefficient (Wildman–Crippen LogP) is 3.51. The molecule has 0 atom stereocenters. The van der Waals surface area contributed by atoms with E-state index in [2.05, 4.69) is 21.2 Å². The van der Waals surface area contributed by atoms with Crippen LogP contribution in [0, 0.1) is 13.8 Å². The van der Waals surface area contributed by atoms with Gasteiger partial charge in [-0.15, -0.1) is 0 Å². The van der Waals surface area contributed by atoms with E-state index in [1.165, 1.54) is 0 Å². The molecule has 0 heterocycles. The number of halogens is 1. The average molecular weight is 300 g/mol. The molecule has 4 heteroatoms. The van der Waals surface area contributed by atoms with Crippen LogP contribution >= 0.6 is 15.9 Å². The highest BCUT2D eigenvalue weighted by atomic mass is 79.9. The molecule has 2 N–H and O–H groups in total. The average Bonchev–Trinajstić information content (AvgIpc) is 2.26. The van der Waals surface area contributed by atoms with Crippen LogP contribution in [-0.4, -0.2) is 16.3 Å². The summed E-state index contributed by atoms with van der Waals surface area (Å²) in [7, 11) is 0. The van der Waals surface area contributed by atoms with E-state index in [0.29, 0.717) is 6.42 Å². The van der Waals surface area contributed by atoms with Gasteiger partial charge in [0.2, 0.25) is 5.91 Å². The van der Waals surface area contributed by atoms with E-state index in [9.17, 15) is 9.90 Å². The van der Waals surface area contributed by atoms with Crippen LogP contribution in [0.3, 0.4) is 0 Å². The molecule has 1 aromatic carbocycles. The maximum Gasteiger partial charge on any atom is 0.224 e. The minimum absolute atomic E-state index is 0.0270. The maximum absolute atomic E-state index is 11.6. The van der Waals surface area contributed by atoms with Crippen LogP contribution in [0.1, 0.15) is 30.4 Å². The first kappa shape index (κ1) is 14.0. The van der Waals surface area contributed by atoms with E-state index in [-0.39, 0.29) is 11.7 Å². The van der Waals surface area contributed by atoms with Gasteiger partial charge < -0.3 is 10.4 Å². The molecule has 0 aromatic heterocycles. The molecule has 0 aliphatic heterocycles. The minimum atomic E-state index is 0.0270. The second-order valence-corrected chi connectivity index (χ2v) is 4.94. The normalized spacial score (nSPS) is 10.3. The van der Waals surface area contributed by atoms with Crippen molar-refractivity contribution in [2.75, 3.05) is 10.6 Å². The Bertz CT molecular complexity index is 405. The number of unbranched alkanes of at least 4 members (excludes halogenated alkanes) is 1. The number of hydrogen-bond acceptors (Lipinski definition) is 2. The number of anilines is 1. The Kier molecular flexibility index (Phi) is 5.48. The summed E-state index contributed by atoms with van der Waals surface area (Å²) in [6, 6.07) is 3.47. The number of phenols is 1. The van der Waals surface area contributed by atoms with Gasteiger partial charge in [-0.05, 0) is 49.9 Å². The number of hydrogen-bond donors (Lipinski definition) is 2. The summed E-state index contributed by atoms with van der Waals surface area (Å²) in [4.78, 5) is 11.6. The molecular weight excluding hydrogens is 282 g/mol. The van der Waals surface area contributed by atoms with Crippen LogP contribution < -0.4 is 5.32 Å². The van der Waals surface area contributed by atoms with Crippen molar-refractivity contribution in [1.29, 1.82) is 0 Å². The molecule has 0 saturated heterocycles. The van der Waals surface area contributed by atoms with E-state index < -0.39 is 0 Å². The van der Waals surface area contributed by atoms with Crippen molar-refractivity contribution in [2.24, 2.45) is 0 Å². The molecular formula is C13H18BrNO2. The third-order valence-electron chi connectivity index (χ3n) is 2.60. The highest BCUT2D eigenvalue weighted by Gasteiger charge is 2.07. The largest absolute Gasteiger partial charge is 0.508 e. The molecule has 0 saturated carbocycles. The Morgan fingerprint density at radius 2 is 2.00 bits per heavy atom. The van der Waals surface area contributed by atoms with Gasteiger partial charge in [-0.25, -0.2) is 0 Å². The van der Waals surface area contributed by atoms with Crippen molar-refractivity contribution in [3.8, 4) is 5.75 Å². The van der Waals surface area contributed by atoms with Crippen LogP contribution in [0.5, 0.6) is 5.75 Å². The first-order valence-corrected chi connectivity index (χ1v) is 6.82. The lowest BCUT2D eigenvalue weighted by atomic mass is 10.1. The molecule has 0 fully saturated rings. The van der Waals surface area contributed by atoms with Crippen LogP contribution in [0.4, 0.5) is 5.69 Å². The Labute approximate surface area is 110 Å². The number of rotatable bonds is 5. The minimum Gasteiger partial charge on any atom is -0.508 e. The Morgan fingerprint density at radius 3 is 2.65 bits per heavy atom. The third-order valence-corrected chi connectivity index (χ3v) is 3.17. The topological polar surface area (TPSA) is 49.3 Å². The zero-order valence-electron chi connectivity index (χ0n) is 10.2. The number of phenolic OH excluding ortho intramolecular Hbond substituents is 1. The molecule has 0 aliphatic rings. The quantitative estimate of drug-likeness (QED) is 0.496. The van der Waals surface area contributed by atoms with Crippen LogP contribution in [0.25, 0.3) is 0 Å². The summed E-state index contributed by atoms with van der Waals surface area (Å²) < 4.78 is 0. The van der Waals surface area contributed by atoms with Crippen LogP contribution in [0.2, 0.25) is 0 Å². The van der Waals surface area contributed by atoms with Crippen molar-refractivity contribution < 1.29 is 9.90 Å². The number of alkyl halides is 1. The van der Waals surface area contributed by atoms with Gasteiger partial charge in [0.25, 0.3) is 0 Å². The third kappa shape index (κ3) is 4.38. The summed E-state index contributed by atoms with van der Waals surface area (Å²) >= 11 is 3.34. The van der Waals surface area contributed by atoms with E-state index in [4.69, 9.17) is 0 Å². The highest BCUT2D eigenvalue weighted by molar-refractivity contribution is 9.09. The summed E-state index contributed by atoms with van der Waals surface area (Å²) in [6.45, 7) is 3.68.